The first-order chi connectivity index (χ1) is 2.91. The van der Waals surface area contributed by atoms with Gasteiger partial charge >= 0.3 is 0 Å². The van der Waals surface area contributed by atoms with Crippen molar-refractivity contribution < 1.29 is 9.13 Å². The summed E-state index contributed by atoms with van der Waals surface area (Å²) in [4.78, 5) is 0. The first-order valence-corrected chi connectivity index (χ1v) is 1.51. The fourth-order valence-electron chi connectivity index (χ4n) is 0.0896. The summed E-state index contributed by atoms with van der Waals surface area (Å²) in [6.07, 6.45) is 7.65. The summed E-state index contributed by atoms with van der Waals surface area (Å²) in [7, 11) is 0. The van der Waals surface area contributed by atoms with Crippen molar-refractivity contribution in [2.24, 2.45) is 0 Å². The molecule has 0 spiro atoms. The fourth-order valence-corrected chi connectivity index (χ4v) is 0.0896. The van der Waals surface area contributed by atoms with Gasteiger partial charge in [-0.1, -0.05) is 0 Å². The second-order valence-electron chi connectivity index (χ2n) is 0.640. The van der Waals surface area contributed by atoms with Crippen LogP contribution in [0.5, 0.6) is 0 Å². The van der Waals surface area contributed by atoms with Gasteiger partial charge in [0.15, 0.2) is 0 Å². The summed E-state index contributed by atoms with van der Waals surface area (Å²) in [6, 6.07) is 0. The molecule has 0 unspecified atom stereocenters. The minimum absolute atomic E-state index is 0.0521. The van der Waals surface area contributed by atoms with Crippen molar-refractivity contribution in [3.05, 3.63) is 6.42 Å². The lowest BCUT2D eigenvalue weighted by molar-refractivity contribution is 0.240. The summed E-state index contributed by atoms with van der Waals surface area (Å²) in [6.45, 7) is -0.602. The van der Waals surface area contributed by atoms with Crippen molar-refractivity contribution in [3.63, 3.8) is 0 Å². The highest BCUT2D eigenvalue weighted by Crippen LogP contribution is 1.67. The minimum atomic E-state index is -0.550. The molecule has 0 aromatic heterocycles. The average molecular weight is 87.1 g/mol. The molecule has 0 bridgehead atoms. The maximum Gasteiger partial charge on any atom is 0.128 e. The zero-order valence-electron chi connectivity index (χ0n) is 3.20. The lowest BCUT2D eigenvalue weighted by Crippen LogP contribution is -1.86. The van der Waals surface area contributed by atoms with Gasteiger partial charge in [-0.15, -0.1) is 0 Å². The van der Waals surface area contributed by atoms with E-state index >= 15 is 0 Å². The van der Waals surface area contributed by atoms with E-state index < -0.39 is 6.67 Å². The normalized spacial score (nSPS) is 6.67. The van der Waals surface area contributed by atoms with Gasteiger partial charge in [-0.05, 0) is 0 Å². The van der Waals surface area contributed by atoms with Crippen LogP contribution in [0.15, 0.2) is 0 Å². The second kappa shape index (κ2) is 4.29. The third-order valence-electron chi connectivity index (χ3n) is 0.251. The third-order valence-corrected chi connectivity index (χ3v) is 0.251. The molecule has 0 saturated heterocycles. The number of hydrogen-bond acceptors (Lipinski definition) is 1. The minimum Gasteiger partial charge on any atom is -0.443 e. The summed E-state index contributed by atoms with van der Waals surface area (Å²) in [5.74, 6) is 0. The van der Waals surface area contributed by atoms with Crippen LogP contribution >= 0.6 is 0 Å². The molecule has 0 aromatic carbocycles. The highest BCUT2D eigenvalue weighted by molar-refractivity contribution is 4.54. The van der Waals surface area contributed by atoms with E-state index in [0.717, 1.165) is 0 Å². The van der Waals surface area contributed by atoms with Crippen LogP contribution in [0.4, 0.5) is 4.39 Å². The van der Waals surface area contributed by atoms with E-state index in [1.807, 2.05) is 0 Å². The Morgan fingerprint density at radius 1 is 1.83 bits per heavy atom. The molecule has 0 rings (SSSR count). The number of rotatable bonds is 2. The third kappa shape index (κ3) is 3.29. The summed E-state index contributed by atoms with van der Waals surface area (Å²) in [5, 5.41) is 0. The molecule has 33 valence electrons. The van der Waals surface area contributed by atoms with Crippen LogP contribution in [0, 0.1) is 12.5 Å². The van der Waals surface area contributed by atoms with Gasteiger partial charge in [0.1, 0.15) is 19.4 Å². The molecule has 0 fully saturated rings. The fraction of sp³-hybridized carbons (Fsp3) is 0.500. The quantitative estimate of drug-likeness (QED) is 0.352. The zero-order chi connectivity index (χ0) is 4.83. The Morgan fingerprint density at radius 2 is 2.50 bits per heavy atom. The molecule has 1 radical (unpaired) electrons. The Morgan fingerprint density at radius 3 is 2.67 bits per heavy atom. The Balaban J connectivity index is 2.54. The highest BCUT2D eigenvalue weighted by atomic mass is 19.1. The number of halogens is 1. The molecule has 0 N–H and O–H groups in total. The van der Waals surface area contributed by atoms with Gasteiger partial charge in [0.2, 0.25) is 0 Å². The average Bonchev–Trinajstić information content (AvgIpc) is 1.61. The number of alkyl halides is 1. The van der Waals surface area contributed by atoms with E-state index in [1.165, 1.54) is 0 Å². The topological polar surface area (TPSA) is 9.23 Å². The van der Waals surface area contributed by atoms with Crippen molar-refractivity contribution in [1.82, 2.24) is 0 Å². The number of ether oxygens (including phenoxy) is 1. The Hall–Kier alpha value is -0.710. The van der Waals surface area contributed by atoms with Gasteiger partial charge in [-0.3, -0.25) is 0 Å². The summed E-state index contributed by atoms with van der Waals surface area (Å²) >= 11 is 0. The van der Waals surface area contributed by atoms with Gasteiger partial charge in [0, 0.05) is 6.42 Å². The molecule has 0 amide bonds. The van der Waals surface area contributed by atoms with E-state index in [2.05, 4.69) is 4.74 Å². The highest BCUT2D eigenvalue weighted by Gasteiger charge is 1.73. The smallest absolute Gasteiger partial charge is 0.128 e. The molecule has 0 aliphatic rings. The van der Waals surface area contributed by atoms with Crippen LogP contribution in [0.3, 0.4) is 0 Å². The molecule has 2 heteroatoms. The molecule has 0 aliphatic heterocycles. The first kappa shape index (κ1) is 5.29. The molecule has 1 nitrogen and oxygen atoms in total. The van der Waals surface area contributed by atoms with Crippen molar-refractivity contribution in [1.29, 1.82) is 0 Å². The molecule has 0 atom stereocenters. The Kier molecular flexibility index (Phi) is 3.78. The molecule has 0 heterocycles. The lowest BCUT2D eigenvalue weighted by Gasteiger charge is -1.83. The van der Waals surface area contributed by atoms with Gasteiger partial charge in [-0.25, -0.2) is 4.39 Å². The monoisotopic (exact) mass is 87.0 g/mol. The van der Waals surface area contributed by atoms with Gasteiger partial charge < -0.3 is 4.74 Å². The Labute approximate surface area is 36.1 Å². The zero-order valence-corrected chi connectivity index (χ0v) is 3.20. The van der Waals surface area contributed by atoms with Crippen molar-refractivity contribution in [3.8, 4) is 6.11 Å². The van der Waals surface area contributed by atoms with Crippen LogP contribution in [-0.2, 0) is 4.74 Å². The number of hydrogen-bond donors (Lipinski definition) is 0. The maximum absolute atomic E-state index is 10.9. The van der Waals surface area contributed by atoms with Crippen LogP contribution in [0.1, 0.15) is 0 Å². The predicted octanol–water partition coefficient (Wildman–Crippen LogP) is 0.520. The van der Waals surface area contributed by atoms with Gasteiger partial charge in [-0.2, -0.15) is 0 Å². The van der Waals surface area contributed by atoms with Crippen LogP contribution < -0.4 is 0 Å². The van der Waals surface area contributed by atoms with Gasteiger partial charge in [0.05, 0.1) is 0 Å². The van der Waals surface area contributed by atoms with E-state index in [0.29, 0.717) is 0 Å². The Bertz CT molecular complexity index is 55.1. The maximum atomic E-state index is 10.9. The molecular weight excluding hydrogens is 83.0 g/mol. The largest absolute Gasteiger partial charge is 0.443 e. The molecule has 0 aliphatic carbocycles. The van der Waals surface area contributed by atoms with E-state index in [4.69, 9.17) is 6.42 Å². The lowest BCUT2D eigenvalue weighted by atomic mass is 10.8. The summed E-state index contributed by atoms with van der Waals surface area (Å²) in [5.41, 5.74) is 0. The van der Waals surface area contributed by atoms with Crippen LogP contribution in [0.2, 0.25) is 0 Å². The van der Waals surface area contributed by atoms with Crippen molar-refractivity contribution in [2.45, 2.75) is 0 Å². The molecular formula is C4H4FO. The summed E-state index contributed by atoms with van der Waals surface area (Å²) < 4.78 is 15.0. The second-order valence-corrected chi connectivity index (χ2v) is 0.640. The molecule has 0 saturated carbocycles. The van der Waals surface area contributed by atoms with Crippen molar-refractivity contribution >= 4 is 0 Å². The van der Waals surface area contributed by atoms with Crippen molar-refractivity contribution in [2.75, 3.05) is 13.3 Å². The SMILES string of the molecule is [C]#COCCF. The first-order valence-electron chi connectivity index (χ1n) is 1.51. The molecule has 0 aromatic rings. The predicted molar refractivity (Wildman–Crippen MR) is 19.1 cm³/mol. The van der Waals surface area contributed by atoms with E-state index in [9.17, 15) is 4.39 Å². The van der Waals surface area contributed by atoms with Gasteiger partial charge in [0.25, 0.3) is 0 Å². The molecule has 6 heavy (non-hydrogen) atoms. The van der Waals surface area contributed by atoms with Crippen LogP contribution in [-0.4, -0.2) is 13.3 Å². The standard InChI is InChI=1S/C4H4FO/c1-2-6-4-3-5/h3-4H2. The van der Waals surface area contributed by atoms with Crippen LogP contribution in [0.25, 0.3) is 0 Å². The van der Waals surface area contributed by atoms with E-state index in [-0.39, 0.29) is 6.61 Å². The van der Waals surface area contributed by atoms with E-state index in [1.54, 1.807) is 6.11 Å².